The molecule has 0 unspecified atom stereocenters. The van der Waals surface area contributed by atoms with E-state index in [4.69, 9.17) is 5.73 Å². The Morgan fingerprint density at radius 2 is 2.22 bits per heavy atom. The molecule has 0 aromatic carbocycles. The molecule has 0 saturated heterocycles. The summed E-state index contributed by atoms with van der Waals surface area (Å²) in [4.78, 5) is 14.4. The van der Waals surface area contributed by atoms with E-state index in [2.05, 4.69) is 15.3 Å². The van der Waals surface area contributed by atoms with Crippen LogP contribution in [0.2, 0.25) is 0 Å². The SMILES string of the molecule is Cc1nc(-c2nnn(C)c2CN)ccc1[N+](=O)[O-]. The minimum atomic E-state index is -0.466. The Labute approximate surface area is 103 Å². The lowest BCUT2D eigenvalue weighted by Crippen LogP contribution is -2.06. The maximum Gasteiger partial charge on any atom is 0.290 e. The average molecular weight is 248 g/mol. The molecular formula is C10H12N6O2. The van der Waals surface area contributed by atoms with Crippen molar-refractivity contribution in [2.75, 3.05) is 0 Å². The van der Waals surface area contributed by atoms with Gasteiger partial charge in [-0.2, -0.15) is 0 Å². The van der Waals surface area contributed by atoms with Gasteiger partial charge in [-0.05, 0) is 13.0 Å². The van der Waals surface area contributed by atoms with E-state index in [1.807, 2.05) is 0 Å². The quantitative estimate of drug-likeness (QED) is 0.627. The molecule has 2 heterocycles. The number of aromatic nitrogens is 4. The second kappa shape index (κ2) is 4.49. The highest BCUT2D eigenvalue weighted by molar-refractivity contribution is 5.58. The van der Waals surface area contributed by atoms with Gasteiger partial charge < -0.3 is 5.73 Å². The van der Waals surface area contributed by atoms with Gasteiger partial charge >= 0.3 is 0 Å². The van der Waals surface area contributed by atoms with Gasteiger partial charge in [0.05, 0.1) is 16.3 Å². The number of pyridine rings is 1. The first-order valence-electron chi connectivity index (χ1n) is 5.25. The van der Waals surface area contributed by atoms with Crippen LogP contribution >= 0.6 is 0 Å². The summed E-state index contributed by atoms with van der Waals surface area (Å²) in [6.07, 6.45) is 0. The first kappa shape index (κ1) is 12.1. The Kier molecular flexibility index (Phi) is 3.02. The second-order valence-electron chi connectivity index (χ2n) is 3.77. The van der Waals surface area contributed by atoms with Gasteiger partial charge in [0.2, 0.25) is 0 Å². The molecule has 2 N–H and O–H groups in total. The highest BCUT2D eigenvalue weighted by Crippen LogP contribution is 2.23. The summed E-state index contributed by atoms with van der Waals surface area (Å²) >= 11 is 0. The van der Waals surface area contributed by atoms with Crippen molar-refractivity contribution in [3.8, 4) is 11.4 Å². The lowest BCUT2D eigenvalue weighted by molar-refractivity contribution is -0.385. The first-order valence-corrected chi connectivity index (χ1v) is 5.25. The third kappa shape index (κ3) is 1.93. The maximum atomic E-state index is 10.7. The van der Waals surface area contributed by atoms with E-state index in [0.717, 1.165) is 5.69 Å². The van der Waals surface area contributed by atoms with Crippen LogP contribution in [0.3, 0.4) is 0 Å². The maximum absolute atomic E-state index is 10.7. The van der Waals surface area contributed by atoms with E-state index in [9.17, 15) is 10.1 Å². The Hall–Kier alpha value is -2.35. The van der Waals surface area contributed by atoms with Crippen LogP contribution < -0.4 is 5.73 Å². The van der Waals surface area contributed by atoms with Gasteiger partial charge in [0.15, 0.2) is 0 Å². The zero-order chi connectivity index (χ0) is 13.3. The number of hydrogen-bond donors (Lipinski definition) is 1. The molecule has 8 nitrogen and oxygen atoms in total. The number of nitrogens with two attached hydrogens (primary N) is 1. The largest absolute Gasteiger partial charge is 0.325 e. The number of hydrogen-bond acceptors (Lipinski definition) is 6. The van der Waals surface area contributed by atoms with Gasteiger partial charge in [-0.1, -0.05) is 5.21 Å². The summed E-state index contributed by atoms with van der Waals surface area (Å²) in [5, 5.41) is 18.5. The van der Waals surface area contributed by atoms with Gasteiger partial charge in [0, 0.05) is 19.7 Å². The molecule has 0 saturated carbocycles. The van der Waals surface area contributed by atoms with Crippen molar-refractivity contribution in [1.82, 2.24) is 20.0 Å². The van der Waals surface area contributed by atoms with Crippen LogP contribution in [0.5, 0.6) is 0 Å². The number of aryl methyl sites for hydroxylation is 2. The van der Waals surface area contributed by atoms with E-state index in [1.165, 1.54) is 6.07 Å². The summed E-state index contributed by atoms with van der Waals surface area (Å²) in [6.45, 7) is 1.86. The van der Waals surface area contributed by atoms with E-state index >= 15 is 0 Å². The van der Waals surface area contributed by atoms with Crippen molar-refractivity contribution in [3.63, 3.8) is 0 Å². The summed E-state index contributed by atoms with van der Waals surface area (Å²) in [5.41, 5.74) is 7.75. The molecular weight excluding hydrogens is 236 g/mol. The highest BCUT2D eigenvalue weighted by Gasteiger charge is 2.17. The fourth-order valence-electron chi connectivity index (χ4n) is 1.68. The molecule has 0 amide bonds. The van der Waals surface area contributed by atoms with Gasteiger partial charge in [0.25, 0.3) is 5.69 Å². The Morgan fingerprint density at radius 3 is 2.78 bits per heavy atom. The number of nitrogens with zero attached hydrogens (tertiary/aromatic N) is 5. The Bertz CT molecular complexity index is 606. The zero-order valence-corrected chi connectivity index (χ0v) is 9.99. The van der Waals surface area contributed by atoms with Gasteiger partial charge in [-0.3, -0.25) is 14.8 Å². The molecule has 0 bridgehead atoms. The lowest BCUT2D eigenvalue weighted by atomic mass is 10.2. The average Bonchev–Trinajstić information content (AvgIpc) is 2.69. The normalized spacial score (nSPS) is 10.6. The van der Waals surface area contributed by atoms with Gasteiger partial charge in [-0.25, -0.2) is 4.98 Å². The van der Waals surface area contributed by atoms with Crippen LogP contribution in [-0.4, -0.2) is 24.9 Å². The molecule has 0 aliphatic heterocycles. The second-order valence-corrected chi connectivity index (χ2v) is 3.77. The molecule has 0 aliphatic carbocycles. The fourth-order valence-corrected chi connectivity index (χ4v) is 1.68. The van der Waals surface area contributed by atoms with Crippen LogP contribution in [0.4, 0.5) is 5.69 Å². The molecule has 0 radical (unpaired) electrons. The molecule has 2 aromatic rings. The van der Waals surface area contributed by atoms with Crippen molar-refractivity contribution in [2.45, 2.75) is 13.5 Å². The Morgan fingerprint density at radius 1 is 1.50 bits per heavy atom. The number of rotatable bonds is 3. The molecule has 2 rings (SSSR count). The van der Waals surface area contributed by atoms with Crippen LogP contribution in [0.25, 0.3) is 11.4 Å². The van der Waals surface area contributed by atoms with Gasteiger partial charge in [0.1, 0.15) is 11.4 Å². The minimum Gasteiger partial charge on any atom is -0.325 e. The van der Waals surface area contributed by atoms with Crippen molar-refractivity contribution in [1.29, 1.82) is 0 Å². The molecule has 8 heteroatoms. The highest BCUT2D eigenvalue weighted by atomic mass is 16.6. The lowest BCUT2D eigenvalue weighted by Gasteiger charge is -2.02. The predicted molar refractivity (Wildman–Crippen MR) is 63.5 cm³/mol. The summed E-state index contributed by atoms with van der Waals surface area (Å²) < 4.78 is 1.56. The predicted octanol–water partition coefficient (Wildman–Crippen LogP) is 0.552. The number of nitro groups is 1. The van der Waals surface area contributed by atoms with E-state index < -0.39 is 4.92 Å². The molecule has 2 aromatic heterocycles. The molecule has 94 valence electrons. The topological polar surface area (TPSA) is 113 Å². The smallest absolute Gasteiger partial charge is 0.290 e. The van der Waals surface area contributed by atoms with E-state index in [-0.39, 0.29) is 12.2 Å². The molecule has 0 atom stereocenters. The molecule has 0 fully saturated rings. The third-order valence-electron chi connectivity index (χ3n) is 2.63. The van der Waals surface area contributed by atoms with E-state index in [1.54, 1.807) is 24.7 Å². The van der Waals surface area contributed by atoms with Gasteiger partial charge in [-0.15, -0.1) is 5.10 Å². The summed E-state index contributed by atoms with van der Waals surface area (Å²) in [6, 6.07) is 2.96. The molecule has 0 spiro atoms. The third-order valence-corrected chi connectivity index (χ3v) is 2.63. The summed E-state index contributed by atoms with van der Waals surface area (Å²) in [7, 11) is 1.73. The molecule has 18 heavy (non-hydrogen) atoms. The standard InChI is InChI=1S/C10H12N6O2/c1-6-8(16(17)18)4-3-7(12-6)10-9(5-11)15(2)14-13-10/h3-4H,5,11H2,1-2H3. The van der Waals surface area contributed by atoms with Crippen molar-refractivity contribution in [2.24, 2.45) is 12.8 Å². The van der Waals surface area contributed by atoms with Crippen LogP contribution in [0, 0.1) is 17.0 Å². The monoisotopic (exact) mass is 248 g/mol. The van der Waals surface area contributed by atoms with Crippen molar-refractivity contribution >= 4 is 5.69 Å². The van der Waals surface area contributed by atoms with Crippen LogP contribution in [0.1, 0.15) is 11.4 Å². The zero-order valence-electron chi connectivity index (χ0n) is 9.99. The molecule has 0 aliphatic rings. The van der Waals surface area contributed by atoms with Crippen LogP contribution in [-0.2, 0) is 13.6 Å². The Balaban J connectivity index is 2.52. The minimum absolute atomic E-state index is 0.0167. The summed E-state index contributed by atoms with van der Waals surface area (Å²) in [5.74, 6) is 0. The van der Waals surface area contributed by atoms with Crippen molar-refractivity contribution in [3.05, 3.63) is 33.6 Å². The first-order chi connectivity index (χ1) is 8.54. The van der Waals surface area contributed by atoms with E-state index in [0.29, 0.717) is 17.1 Å². The van der Waals surface area contributed by atoms with Crippen molar-refractivity contribution < 1.29 is 4.92 Å². The van der Waals surface area contributed by atoms with Crippen LogP contribution in [0.15, 0.2) is 12.1 Å². The fraction of sp³-hybridized carbons (Fsp3) is 0.300.